The normalized spacial score (nSPS) is 13.1. The van der Waals surface area contributed by atoms with E-state index in [0.717, 1.165) is 13.0 Å². The zero-order valence-electron chi connectivity index (χ0n) is 11.0. The highest BCUT2D eigenvalue weighted by molar-refractivity contribution is 5.21. The van der Waals surface area contributed by atoms with E-state index >= 15 is 0 Å². The molecule has 0 amide bonds. The molecule has 0 radical (unpaired) electrons. The molecule has 0 saturated carbocycles. The molecule has 90 valence electrons. The van der Waals surface area contributed by atoms with Crippen LogP contribution in [0.25, 0.3) is 0 Å². The standard InChI is InChI=1S/C14H24N2/c1-5-14(11(2)3)16-9-7-13-6-8-15-10-12(13)4/h6,8,10-11,14,16H,5,7,9H2,1-4H3. The summed E-state index contributed by atoms with van der Waals surface area (Å²) in [5.41, 5.74) is 2.70. The highest BCUT2D eigenvalue weighted by Gasteiger charge is 2.09. The van der Waals surface area contributed by atoms with Crippen LogP contribution < -0.4 is 5.32 Å². The first kappa shape index (κ1) is 13.2. The second-order valence-corrected chi connectivity index (χ2v) is 4.77. The minimum atomic E-state index is 0.641. The number of rotatable bonds is 6. The number of nitrogens with one attached hydrogen (secondary N) is 1. The first-order valence-electron chi connectivity index (χ1n) is 6.28. The van der Waals surface area contributed by atoms with Gasteiger partial charge in [-0.3, -0.25) is 4.98 Å². The molecule has 0 bridgehead atoms. The van der Waals surface area contributed by atoms with Crippen molar-refractivity contribution < 1.29 is 0 Å². The van der Waals surface area contributed by atoms with Gasteiger partial charge in [-0.1, -0.05) is 20.8 Å². The van der Waals surface area contributed by atoms with Crippen molar-refractivity contribution in [3.63, 3.8) is 0 Å². The minimum Gasteiger partial charge on any atom is -0.313 e. The van der Waals surface area contributed by atoms with Gasteiger partial charge in [-0.05, 0) is 49.4 Å². The predicted octanol–water partition coefficient (Wildman–Crippen LogP) is 2.96. The van der Waals surface area contributed by atoms with Crippen LogP contribution >= 0.6 is 0 Å². The fourth-order valence-electron chi connectivity index (χ4n) is 2.03. The third-order valence-corrected chi connectivity index (χ3v) is 3.18. The number of hydrogen-bond acceptors (Lipinski definition) is 2. The molecule has 1 N–H and O–H groups in total. The maximum atomic E-state index is 4.11. The summed E-state index contributed by atoms with van der Waals surface area (Å²) in [5.74, 6) is 0.712. The molecule has 0 saturated heterocycles. The van der Waals surface area contributed by atoms with Crippen LogP contribution in [0.5, 0.6) is 0 Å². The van der Waals surface area contributed by atoms with Crippen molar-refractivity contribution in [3.05, 3.63) is 29.6 Å². The summed E-state index contributed by atoms with van der Waals surface area (Å²) in [5, 5.41) is 3.62. The van der Waals surface area contributed by atoms with E-state index in [-0.39, 0.29) is 0 Å². The second-order valence-electron chi connectivity index (χ2n) is 4.77. The molecule has 0 aliphatic carbocycles. The van der Waals surface area contributed by atoms with Gasteiger partial charge in [0, 0.05) is 18.4 Å². The van der Waals surface area contributed by atoms with Crippen LogP contribution in [0, 0.1) is 12.8 Å². The van der Waals surface area contributed by atoms with E-state index in [4.69, 9.17) is 0 Å². The van der Waals surface area contributed by atoms with Gasteiger partial charge in [0.2, 0.25) is 0 Å². The molecule has 1 aromatic heterocycles. The van der Waals surface area contributed by atoms with Gasteiger partial charge < -0.3 is 5.32 Å². The van der Waals surface area contributed by atoms with Gasteiger partial charge in [0.1, 0.15) is 0 Å². The Bertz CT molecular complexity index is 307. The van der Waals surface area contributed by atoms with Gasteiger partial charge in [-0.25, -0.2) is 0 Å². The van der Waals surface area contributed by atoms with Crippen LogP contribution in [0.1, 0.15) is 38.3 Å². The number of aryl methyl sites for hydroxylation is 1. The molecule has 1 unspecified atom stereocenters. The van der Waals surface area contributed by atoms with E-state index in [1.54, 1.807) is 0 Å². The van der Waals surface area contributed by atoms with Crippen molar-refractivity contribution in [3.8, 4) is 0 Å². The van der Waals surface area contributed by atoms with Gasteiger partial charge in [-0.2, -0.15) is 0 Å². The number of nitrogens with zero attached hydrogens (tertiary/aromatic N) is 1. The third kappa shape index (κ3) is 3.93. The van der Waals surface area contributed by atoms with Gasteiger partial charge in [0.05, 0.1) is 0 Å². The molecule has 0 aromatic carbocycles. The summed E-state index contributed by atoms with van der Waals surface area (Å²) >= 11 is 0. The highest BCUT2D eigenvalue weighted by Crippen LogP contribution is 2.07. The molecular formula is C14H24N2. The summed E-state index contributed by atoms with van der Waals surface area (Å²) in [4.78, 5) is 4.11. The fraction of sp³-hybridized carbons (Fsp3) is 0.643. The zero-order chi connectivity index (χ0) is 12.0. The Morgan fingerprint density at radius 1 is 1.38 bits per heavy atom. The molecule has 2 nitrogen and oxygen atoms in total. The molecule has 1 atom stereocenters. The monoisotopic (exact) mass is 220 g/mol. The van der Waals surface area contributed by atoms with Crippen molar-refractivity contribution in [2.75, 3.05) is 6.54 Å². The lowest BCUT2D eigenvalue weighted by atomic mass is 10.0. The number of hydrogen-bond donors (Lipinski definition) is 1. The van der Waals surface area contributed by atoms with Crippen LogP contribution in [-0.2, 0) is 6.42 Å². The van der Waals surface area contributed by atoms with Gasteiger partial charge >= 0.3 is 0 Å². The maximum absolute atomic E-state index is 4.11. The van der Waals surface area contributed by atoms with E-state index in [1.165, 1.54) is 17.5 Å². The van der Waals surface area contributed by atoms with E-state index < -0.39 is 0 Å². The summed E-state index contributed by atoms with van der Waals surface area (Å²) in [6.45, 7) is 9.98. The van der Waals surface area contributed by atoms with Crippen LogP contribution in [0.15, 0.2) is 18.5 Å². The molecule has 0 aliphatic rings. The molecule has 0 spiro atoms. The largest absolute Gasteiger partial charge is 0.313 e. The van der Waals surface area contributed by atoms with Crippen LogP contribution in [0.2, 0.25) is 0 Å². The molecule has 0 aliphatic heterocycles. The van der Waals surface area contributed by atoms with Crippen molar-refractivity contribution in [1.29, 1.82) is 0 Å². The number of pyridine rings is 1. The third-order valence-electron chi connectivity index (χ3n) is 3.18. The lowest BCUT2D eigenvalue weighted by Gasteiger charge is -2.20. The van der Waals surface area contributed by atoms with Crippen LogP contribution in [0.3, 0.4) is 0 Å². The lowest BCUT2D eigenvalue weighted by Crippen LogP contribution is -2.34. The molecule has 0 fully saturated rings. The molecular weight excluding hydrogens is 196 g/mol. The molecule has 16 heavy (non-hydrogen) atoms. The second kappa shape index (κ2) is 6.64. The topological polar surface area (TPSA) is 24.9 Å². The quantitative estimate of drug-likeness (QED) is 0.797. The summed E-state index contributed by atoms with van der Waals surface area (Å²) in [6.07, 6.45) is 6.11. The molecule has 2 heteroatoms. The highest BCUT2D eigenvalue weighted by atomic mass is 14.9. The summed E-state index contributed by atoms with van der Waals surface area (Å²) < 4.78 is 0. The van der Waals surface area contributed by atoms with E-state index in [2.05, 4.69) is 44.1 Å². The smallest absolute Gasteiger partial charge is 0.0299 e. The van der Waals surface area contributed by atoms with Crippen molar-refractivity contribution in [2.24, 2.45) is 5.92 Å². The maximum Gasteiger partial charge on any atom is 0.0299 e. The Morgan fingerprint density at radius 3 is 2.69 bits per heavy atom. The lowest BCUT2D eigenvalue weighted by molar-refractivity contribution is 0.391. The van der Waals surface area contributed by atoms with Crippen molar-refractivity contribution in [2.45, 2.75) is 46.6 Å². The van der Waals surface area contributed by atoms with Crippen molar-refractivity contribution in [1.82, 2.24) is 10.3 Å². The van der Waals surface area contributed by atoms with Crippen molar-refractivity contribution >= 4 is 0 Å². The Kier molecular flexibility index (Phi) is 5.47. The van der Waals surface area contributed by atoms with E-state index in [9.17, 15) is 0 Å². The summed E-state index contributed by atoms with van der Waals surface area (Å²) in [7, 11) is 0. The van der Waals surface area contributed by atoms with E-state index in [0.29, 0.717) is 12.0 Å². The average Bonchev–Trinajstić information content (AvgIpc) is 2.26. The van der Waals surface area contributed by atoms with E-state index in [1.807, 2.05) is 12.4 Å². The summed E-state index contributed by atoms with van der Waals surface area (Å²) in [6, 6.07) is 2.76. The van der Waals surface area contributed by atoms with Crippen LogP contribution in [0.4, 0.5) is 0 Å². The zero-order valence-corrected chi connectivity index (χ0v) is 11.0. The SMILES string of the molecule is CCC(NCCc1ccncc1C)C(C)C. The first-order valence-corrected chi connectivity index (χ1v) is 6.28. The average molecular weight is 220 g/mol. The Labute approximate surface area is 99.5 Å². The Balaban J connectivity index is 2.38. The van der Waals surface area contributed by atoms with Gasteiger partial charge in [-0.15, -0.1) is 0 Å². The first-order chi connectivity index (χ1) is 7.65. The molecule has 1 aromatic rings. The van der Waals surface area contributed by atoms with Gasteiger partial charge in [0.25, 0.3) is 0 Å². The number of aromatic nitrogens is 1. The van der Waals surface area contributed by atoms with Gasteiger partial charge in [0.15, 0.2) is 0 Å². The Hall–Kier alpha value is -0.890. The molecule has 1 heterocycles. The predicted molar refractivity (Wildman–Crippen MR) is 69.6 cm³/mol. The minimum absolute atomic E-state index is 0.641. The Morgan fingerprint density at radius 2 is 2.12 bits per heavy atom. The molecule has 1 rings (SSSR count). The fourth-order valence-corrected chi connectivity index (χ4v) is 2.03. The van der Waals surface area contributed by atoms with Crippen LogP contribution in [-0.4, -0.2) is 17.6 Å².